The lowest BCUT2D eigenvalue weighted by molar-refractivity contribution is 0.485. The molecule has 0 atom stereocenters. The summed E-state index contributed by atoms with van der Waals surface area (Å²) in [5.74, 6) is 1.44. The van der Waals surface area contributed by atoms with Gasteiger partial charge in [-0.05, 0) is 30.3 Å². The molecule has 0 spiro atoms. The molecule has 0 saturated carbocycles. The van der Waals surface area contributed by atoms with Crippen LogP contribution < -0.4 is 10.5 Å². The summed E-state index contributed by atoms with van der Waals surface area (Å²) in [5.41, 5.74) is 6.37. The van der Waals surface area contributed by atoms with Crippen LogP contribution in [-0.4, -0.2) is 0 Å². The lowest BCUT2D eigenvalue weighted by Crippen LogP contribution is -1.90. The molecule has 0 aliphatic carbocycles. The molecule has 0 aliphatic rings. The minimum Gasteiger partial charge on any atom is -0.455 e. The standard InChI is InChI=1S/C12H10NO/c13-11-8-4-5-9-12(11)14-10-6-2-1-3-7-10/h2-9H,13H2. The molecular formula is C12H10NO. The number of hydrogen-bond acceptors (Lipinski definition) is 2. The molecule has 69 valence electrons. The molecule has 0 heterocycles. The minimum atomic E-state index is 0.639. The Labute approximate surface area is 82.9 Å². The van der Waals surface area contributed by atoms with Gasteiger partial charge in [0.15, 0.2) is 0 Å². The molecule has 2 nitrogen and oxygen atoms in total. The van der Waals surface area contributed by atoms with Gasteiger partial charge in [-0.3, -0.25) is 0 Å². The second kappa shape index (κ2) is 3.83. The molecule has 2 aromatic rings. The first-order chi connectivity index (χ1) is 6.86. The number of benzene rings is 2. The summed E-state index contributed by atoms with van der Waals surface area (Å²) in [6.07, 6.45) is 0. The minimum absolute atomic E-state index is 0.639. The van der Waals surface area contributed by atoms with Crippen LogP contribution in [0.15, 0.2) is 48.5 Å². The third-order valence-corrected chi connectivity index (χ3v) is 1.83. The summed E-state index contributed by atoms with van der Waals surface area (Å²) >= 11 is 0. The van der Waals surface area contributed by atoms with Gasteiger partial charge >= 0.3 is 0 Å². The van der Waals surface area contributed by atoms with Crippen molar-refractivity contribution in [3.63, 3.8) is 0 Å². The van der Waals surface area contributed by atoms with Crippen molar-refractivity contribution in [3.05, 3.63) is 54.6 Å². The molecule has 0 bridgehead atoms. The van der Waals surface area contributed by atoms with Gasteiger partial charge in [0.1, 0.15) is 11.5 Å². The van der Waals surface area contributed by atoms with Crippen molar-refractivity contribution in [2.45, 2.75) is 0 Å². The highest BCUT2D eigenvalue weighted by Gasteiger charge is 1.98. The van der Waals surface area contributed by atoms with E-state index >= 15 is 0 Å². The first-order valence-electron chi connectivity index (χ1n) is 4.35. The van der Waals surface area contributed by atoms with Crippen LogP contribution in [0, 0.1) is 6.07 Å². The molecule has 14 heavy (non-hydrogen) atoms. The molecule has 0 fully saturated rings. The molecule has 0 saturated heterocycles. The Morgan fingerprint density at radius 1 is 1.00 bits per heavy atom. The van der Waals surface area contributed by atoms with Crippen LogP contribution in [0.25, 0.3) is 0 Å². The van der Waals surface area contributed by atoms with Crippen LogP contribution in [-0.2, 0) is 0 Å². The zero-order chi connectivity index (χ0) is 9.80. The van der Waals surface area contributed by atoms with Crippen LogP contribution >= 0.6 is 0 Å². The molecular weight excluding hydrogens is 174 g/mol. The Bertz CT molecular complexity index is 412. The van der Waals surface area contributed by atoms with Gasteiger partial charge < -0.3 is 10.5 Å². The molecule has 0 aliphatic heterocycles. The Morgan fingerprint density at radius 3 is 2.43 bits per heavy atom. The summed E-state index contributed by atoms with van der Waals surface area (Å²) in [5, 5.41) is 0. The molecule has 2 N–H and O–H groups in total. The molecule has 2 heteroatoms. The predicted octanol–water partition coefficient (Wildman–Crippen LogP) is 2.86. The maximum Gasteiger partial charge on any atom is 0.150 e. The van der Waals surface area contributed by atoms with Crippen molar-refractivity contribution in [2.24, 2.45) is 0 Å². The smallest absolute Gasteiger partial charge is 0.150 e. The first-order valence-corrected chi connectivity index (χ1v) is 4.35. The number of anilines is 1. The van der Waals surface area contributed by atoms with Crippen molar-refractivity contribution < 1.29 is 4.74 Å². The summed E-state index contributed by atoms with van der Waals surface area (Å²) < 4.78 is 5.56. The van der Waals surface area contributed by atoms with Crippen LogP contribution in [0.4, 0.5) is 5.69 Å². The Morgan fingerprint density at radius 2 is 1.71 bits per heavy atom. The first kappa shape index (κ1) is 8.63. The quantitative estimate of drug-likeness (QED) is 0.728. The summed E-state index contributed by atoms with van der Waals surface area (Å²) in [7, 11) is 0. The molecule has 0 amide bonds. The highest BCUT2D eigenvalue weighted by atomic mass is 16.5. The third kappa shape index (κ3) is 1.85. The average Bonchev–Trinajstić information content (AvgIpc) is 2.23. The highest BCUT2D eigenvalue weighted by molar-refractivity contribution is 5.53. The van der Waals surface area contributed by atoms with E-state index in [1.165, 1.54) is 0 Å². The van der Waals surface area contributed by atoms with Gasteiger partial charge in [0.25, 0.3) is 0 Å². The van der Waals surface area contributed by atoms with E-state index in [1.807, 2.05) is 36.4 Å². The normalized spacial score (nSPS) is 9.71. The number of para-hydroxylation sites is 2. The van der Waals surface area contributed by atoms with Crippen molar-refractivity contribution >= 4 is 5.69 Å². The second-order valence-corrected chi connectivity index (χ2v) is 2.88. The zero-order valence-corrected chi connectivity index (χ0v) is 7.60. The molecule has 0 aromatic heterocycles. The molecule has 2 aromatic carbocycles. The maximum atomic E-state index is 5.74. The molecule has 1 radical (unpaired) electrons. The molecule has 0 unspecified atom stereocenters. The van der Waals surface area contributed by atoms with Crippen LogP contribution in [0.3, 0.4) is 0 Å². The third-order valence-electron chi connectivity index (χ3n) is 1.83. The van der Waals surface area contributed by atoms with E-state index < -0.39 is 0 Å². The lowest BCUT2D eigenvalue weighted by Gasteiger charge is -2.06. The van der Waals surface area contributed by atoms with Crippen LogP contribution in [0.5, 0.6) is 11.5 Å². The summed E-state index contributed by atoms with van der Waals surface area (Å²) in [4.78, 5) is 0. The van der Waals surface area contributed by atoms with Gasteiger partial charge in [0.2, 0.25) is 0 Å². The number of nitrogens with two attached hydrogens (primary N) is 1. The van der Waals surface area contributed by atoms with Gasteiger partial charge in [-0.15, -0.1) is 0 Å². The number of ether oxygens (including phenoxy) is 1. The predicted molar refractivity (Wildman–Crippen MR) is 56.2 cm³/mol. The van der Waals surface area contributed by atoms with Crippen LogP contribution in [0.2, 0.25) is 0 Å². The van der Waals surface area contributed by atoms with Gasteiger partial charge in [-0.1, -0.05) is 24.3 Å². The fourth-order valence-corrected chi connectivity index (χ4v) is 1.14. The topological polar surface area (TPSA) is 35.2 Å². The van der Waals surface area contributed by atoms with E-state index in [0.717, 1.165) is 5.75 Å². The van der Waals surface area contributed by atoms with E-state index in [-0.39, 0.29) is 0 Å². The van der Waals surface area contributed by atoms with E-state index in [0.29, 0.717) is 11.4 Å². The number of rotatable bonds is 2. The van der Waals surface area contributed by atoms with E-state index in [1.54, 1.807) is 12.1 Å². The van der Waals surface area contributed by atoms with E-state index in [2.05, 4.69) is 6.07 Å². The van der Waals surface area contributed by atoms with Crippen molar-refractivity contribution in [3.8, 4) is 11.5 Å². The Hall–Kier alpha value is -1.96. The van der Waals surface area contributed by atoms with E-state index in [4.69, 9.17) is 10.5 Å². The van der Waals surface area contributed by atoms with Crippen LogP contribution in [0.1, 0.15) is 0 Å². The van der Waals surface area contributed by atoms with Crippen molar-refractivity contribution in [1.29, 1.82) is 0 Å². The van der Waals surface area contributed by atoms with Gasteiger partial charge in [0.05, 0.1) is 5.69 Å². The summed E-state index contributed by atoms with van der Waals surface area (Å²) in [6.45, 7) is 0. The fraction of sp³-hybridized carbons (Fsp3) is 0. The lowest BCUT2D eigenvalue weighted by atomic mass is 10.3. The Kier molecular flexibility index (Phi) is 2.36. The van der Waals surface area contributed by atoms with Crippen molar-refractivity contribution in [1.82, 2.24) is 0 Å². The van der Waals surface area contributed by atoms with Crippen molar-refractivity contribution in [2.75, 3.05) is 5.73 Å². The second-order valence-electron chi connectivity index (χ2n) is 2.88. The fourth-order valence-electron chi connectivity index (χ4n) is 1.14. The zero-order valence-electron chi connectivity index (χ0n) is 7.60. The molecule has 2 rings (SSSR count). The average molecular weight is 184 g/mol. The summed E-state index contributed by atoms with van der Waals surface area (Å²) in [6, 6.07) is 17.6. The monoisotopic (exact) mass is 184 g/mol. The van der Waals surface area contributed by atoms with Gasteiger partial charge in [-0.2, -0.15) is 0 Å². The highest BCUT2D eigenvalue weighted by Crippen LogP contribution is 2.26. The number of nitrogen functional groups attached to an aromatic ring is 1. The van der Waals surface area contributed by atoms with E-state index in [9.17, 15) is 0 Å². The maximum absolute atomic E-state index is 5.74. The van der Waals surface area contributed by atoms with Gasteiger partial charge in [0, 0.05) is 0 Å². The Balaban J connectivity index is 2.24. The van der Waals surface area contributed by atoms with Gasteiger partial charge in [-0.25, -0.2) is 0 Å². The SMILES string of the molecule is Nc1ccccc1Oc1cc[c]cc1. The number of hydrogen-bond donors (Lipinski definition) is 1. The largest absolute Gasteiger partial charge is 0.455 e.